The Bertz CT molecular complexity index is 327. The summed E-state index contributed by atoms with van der Waals surface area (Å²) in [5.41, 5.74) is 0.607. The van der Waals surface area contributed by atoms with Gasteiger partial charge in [0.2, 0.25) is 0 Å². The van der Waals surface area contributed by atoms with Crippen molar-refractivity contribution in [2.24, 2.45) is 5.92 Å². The highest BCUT2D eigenvalue weighted by atomic mass is 16.5. The van der Waals surface area contributed by atoms with E-state index >= 15 is 0 Å². The van der Waals surface area contributed by atoms with Crippen LogP contribution in [0.25, 0.3) is 0 Å². The number of ether oxygens (including phenoxy) is 1. The molecule has 0 bridgehead atoms. The van der Waals surface area contributed by atoms with Gasteiger partial charge in [-0.3, -0.25) is 0 Å². The second-order valence-electron chi connectivity index (χ2n) is 3.43. The molecule has 0 aromatic heterocycles. The number of hydrogen-bond acceptors (Lipinski definition) is 2. The molecule has 2 nitrogen and oxygen atoms in total. The second-order valence-corrected chi connectivity index (χ2v) is 3.43. The van der Waals surface area contributed by atoms with Crippen LogP contribution in [0.1, 0.15) is 25.8 Å². The van der Waals surface area contributed by atoms with Crippen LogP contribution in [0.15, 0.2) is 24.3 Å². The zero-order valence-electron chi connectivity index (χ0n) is 8.66. The SMILES string of the molecule is CC[C@H](C)COc1ccccc1C#N. The maximum absolute atomic E-state index is 8.81. The van der Waals surface area contributed by atoms with Crippen molar-refractivity contribution >= 4 is 0 Å². The lowest BCUT2D eigenvalue weighted by molar-refractivity contribution is 0.256. The molecular formula is C12H15NO. The van der Waals surface area contributed by atoms with Crippen LogP contribution in [0.2, 0.25) is 0 Å². The van der Waals surface area contributed by atoms with Gasteiger partial charge in [-0.15, -0.1) is 0 Å². The average Bonchev–Trinajstić information content (AvgIpc) is 2.26. The molecule has 0 radical (unpaired) electrons. The summed E-state index contributed by atoms with van der Waals surface area (Å²) in [7, 11) is 0. The number of nitrogens with zero attached hydrogens (tertiary/aromatic N) is 1. The van der Waals surface area contributed by atoms with Crippen molar-refractivity contribution in [3.63, 3.8) is 0 Å². The highest BCUT2D eigenvalue weighted by molar-refractivity contribution is 5.42. The van der Waals surface area contributed by atoms with Crippen LogP contribution < -0.4 is 4.74 Å². The highest BCUT2D eigenvalue weighted by Gasteiger charge is 2.03. The highest BCUT2D eigenvalue weighted by Crippen LogP contribution is 2.17. The number of rotatable bonds is 4. The van der Waals surface area contributed by atoms with Gasteiger partial charge >= 0.3 is 0 Å². The van der Waals surface area contributed by atoms with Crippen LogP contribution >= 0.6 is 0 Å². The summed E-state index contributed by atoms with van der Waals surface area (Å²) in [6.07, 6.45) is 1.09. The first-order valence-electron chi connectivity index (χ1n) is 4.89. The van der Waals surface area contributed by atoms with Crippen LogP contribution in [0.5, 0.6) is 5.75 Å². The Labute approximate surface area is 85.1 Å². The smallest absolute Gasteiger partial charge is 0.137 e. The van der Waals surface area contributed by atoms with Gasteiger partial charge < -0.3 is 4.74 Å². The lowest BCUT2D eigenvalue weighted by Crippen LogP contribution is -2.07. The molecule has 0 N–H and O–H groups in total. The lowest BCUT2D eigenvalue weighted by Gasteiger charge is -2.11. The Kier molecular flexibility index (Phi) is 4.00. The van der Waals surface area contributed by atoms with Gasteiger partial charge in [0.1, 0.15) is 11.8 Å². The van der Waals surface area contributed by atoms with Gasteiger partial charge in [-0.25, -0.2) is 0 Å². The molecule has 0 saturated carbocycles. The quantitative estimate of drug-likeness (QED) is 0.729. The van der Waals surface area contributed by atoms with Crippen LogP contribution in [0, 0.1) is 17.2 Å². The van der Waals surface area contributed by atoms with Crippen molar-refractivity contribution in [1.29, 1.82) is 5.26 Å². The maximum Gasteiger partial charge on any atom is 0.137 e. The first-order chi connectivity index (χ1) is 6.77. The third-order valence-electron chi connectivity index (χ3n) is 2.23. The topological polar surface area (TPSA) is 33.0 Å². The molecule has 0 spiro atoms. The third-order valence-corrected chi connectivity index (χ3v) is 2.23. The molecule has 14 heavy (non-hydrogen) atoms. The molecule has 1 rings (SSSR count). The molecule has 74 valence electrons. The summed E-state index contributed by atoms with van der Waals surface area (Å²) in [6, 6.07) is 9.44. The van der Waals surface area contributed by atoms with Crippen LogP contribution in [0.3, 0.4) is 0 Å². The molecule has 1 aromatic rings. The van der Waals surface area contributed by atoms with Gasteiger partial charge in [0, 0.05) is 0 Å². The summed E-state index contributed by atoms with van der Waals surface area (Å²) >= 11 is 0. The fraction of sp³-hybridized carbons (Fsp3) is 0.417. The van der Waals surface area contributed by atoms with Crippen molar-refractivity contribution in [3.8, 4) is 11.8 Å². The van der Waals surface area contributed by atoms with Crippen molar-refractivity contribution in [1.82, 2.24) is 0 Å². The standard InChI is InChI=1S/C12H15NO/c1-3-10(2)9-14-12-7-5-4-6-11(12)8-13/h4-7,10H,3,9H2,1-2H3/t10-/m0/s1. The minimum Gasteiger partial charge on any atom is -0.492 e. The van der Waals surface area contributed by atoms with E-state index in [1.807, 2.05) is 18.2 Å². The normalized spacial score (nSPS) is 11.8. The van der Waals surface area contributed by atoms with E-state index in [0.717, 1.165) is 6.42 Å². The fourth-order valence-corrected chi connectivity index (χ4v) is 1.03. The molecule has 0 unspecified atom stereocenters. The first-order valence-corrected chi connectivity index (χ1v) is 4.89. The molecule has 2 heteroatoms. The number of benzene rings is 1. The summed E-state index contributed by atoms with van der Waals surface area (Å²) in [6.45, 7) is 4.94. The summed E-state index contributed by atoms with van der Waals surface area (Å²) in [4.78, 5) is 0. The molecule has 0 saturated heterocycles. The molecule has 0 fully saturated rings. The minimum absolute atomic E-state index is 0.529. The Hall–Kier alpha value is -1.49. The first kappa shape index (κ1) is 10.6. The molecule has 0 heterocycles. The Balaban J connectivity index is 2.63. The van der Waals surface area contributed by atoms with Gasteiger partial charge in [0.25, 0.3) is 0 Å². The van der Waals surface area contributed by atoms with Gasteiger partial charge in [-0.05, 0) is 18.1 Å². The van der Waals surface area contributed by atoms with E-state index in [1.54, 1.807) is 6.07 Å². The zero-order chi connectivity index (χ0) is 10.4. The third kappa shape index (κ3) is 2.77. The number of nitriles is 1. The van der Waals surface area contributed by atoms with Gasteiger partial charge in [0.15, 0.2) is 0 Å². The molecule has 0 aliphatic carbocycles. The second kappa shape index (κ2) is 5.29. The zero-order valence-corrected chi connectivity index (χ0v) is 8.66. The van der Waals surface area contributed by atoms with Crippen molar-refractivity contribution in [2.45, 2.75) is 20.3 Å². The monoisotopic (exact) mass is 189 g/mol. The number of hydrogen-bond donors (Lipinski definition) is 0. The predicted molar refractivity (Wildman–Crippen MR) is 56.1 cm³/mol. The van der Waals surface area contributed by atoms with Crippen LogP contribution in [-0.4, -0.2) is 6.61 Å². The van der Waals surface area contributed by atoms with E-state index in [9.17, 15) is 0 Å². The largest absolute Gasteiger partial charge is 0.492 e. The maximum atomic E-state index is 8.81. The van der Waals surface area contributed by atoms with Crippen molar-refractivity contribution in [3.05, 3.63) is 29.8 Å². The fourth-order valence-electron chi connectivity index (χ4n) is 1.03. The Morgan fingerprint density at radius 1 is 1.43 bits per heavy atom. The van der Waals surface area contributed by atoms with Crippen LogP contribution in [0.4, 0.5) is 0 Å². The van der Waals surface area contributed by atoms with E-state index in [1.165, 1.54) is 0 Å². The van der Waals surface area contributed by atoms with E-state index in [2.05, 4.69) is 19.9 Å². The molecule has 0 amide bonds. The molecule has 1 atom stereocenters. The van der Waals surface area contributed by atoms with E-state index < -0.39 is 0 Å². The average molecular weight is 189 g/mol. The molecule has 0 aliphatic heterocycles. The summed E-state index contributed by atoms with van der Waals surface area (Å²) < 4.78 is 5.56. The van der Waals surface area contributed by atoms with Crippen LogP contribution in [-0.2, 0) is 0 Å². The van der Waals surface area contributed by atoms with Crippen molar-refractivity contribution in [2.75, 3.05) is 6.61 Å². The minimum atomic E-state index is 0.529. The predicted octanol–water partition coefficient (Wildman–Crippen LogP) is 2.98. The van der Waals surface area contributed by atoms with Gasteiger partial charge in [-0.1, -0.05) is 32.4 Å². The molecule has 0 aliphatic rings. The summed E-state index contributed by atoms with van der Waals surface area (Å²) in [5, 5.41) is 8.81. The van der Waals surface area contributed by atoms with E-state index in [0.29, 0.717) is 23.8 Å². The van der Waals surface area contributed by atoms with Crippen molar-refractivity contribution < 1.29 is 4.74 Å². The van der Waals surface area contributed by atoms with Gasteiger partial charge in [0.05, 0.1) is 12.2 Å². The molecule has 1 aromatic carbocycles. The van der Waals surface area contributed by atoms with E-state index in [-0.39, 0.29) is 0 Å². The summed E-state index contributed by atoms with van der Waals surface area (Å²) in [5.74, 6) is 1.22. The lowest BCUT2D eigenvalue weighted by atomic mass is 10.1. The van der Waals surface area contributed by atoms with Gasteiger partial charge in [-0.2, -0.15) is 5.26 Å². The molecular weight excluding hydrogens is 174 g/mol. The Morgan fingerprint density at radius 3 is 2.79 bits per heavy atom. The number of para-hydroxylation sites is 1. The van der Waals surface area contributed by atoms with E-state index in [4.69, 9.17) is 10.00 Å². The Morgan fingerprint density at radius 2 is 2.14 bits per heavy atom.